The monoisotopic (exact) mass is 366 g/mol. The van der Waals surface area contributed by atoms with Crippen molar-refractivity contribution in [2.75, 3.05) is 13.2 Å². The van der Waals surface area contributed by atoms with Gasteiger partial charge in [-0.15, -0.1) is 0 Å². The Kier molecular flexibility index (Phi) is 7.89. The summed E-state index contributed by atoms with van der Waals surface area (Å²) in [6.45, 7) is 9.23. The van der Waals surface area contributed by atoms with Crippen LogP contribution in [0.25, 0.3) is 0 Å². The van der Waals surface area contributed by atoms with Crippen LogP contribution in [0.3, 0.4) is 0 Å². The highest BCUT2D eigenvalue weighted by atomic mass is 16.6. The second-order valence-electron chi connectivity index (χ2n) is 7.48. The molecule has 0 aliphatic rings. The van der Waals surface area contributed by atoms with Gasteiger partial charge in [-0.2, -0.15) is 0 Å². The molecule has 0 fully saturated rings. The van der Waals surface area contributed by atoms with E-state index in [1.54, 1.807) is 45.0 Å². The molecule has 0 saturated heterocycles. The van der Waals surface area contributed by atoms with E-state index in [2.05, 4.69) is 0 Å². The quantitative estimate of drug-likeness (QED) is 0.733. The van der Waals surface area contributed by atoms with Crippen molar-refractivity contribution in [1.82, 2.24) is 4.90 Å². The van der Waals surface area contributed by atoms with Crippen molar-refractivity contribution in [2.24, 2.45) is 5.73 Å². The first kappa shape index (κ1) is 21.8. The largest absolute Gasteiger partial charge is 0.491 e. The average Bonchev–Trinajstić information content (AvgIpc) is 2.49. The van der Waals surface area contributed by atoms with Gasteiger partial charge in [0, 0.05) is 6.04 Å². The first-order chi connectivity index (χ1) is 12.0. The lowest BCUT2D eigenvalue weighted by molar-refractivity contribution is -0.117. The minimum absolute atomic E-state index is 0.0290. The Balaban J connectivity index is 2.56. The molecule has 1 unspecified atom stereocenters. The van der Waals surface area contributed by atoms with E-state index >= 15 is 0 Å². The number of amides is 2. The van der Waals surface area contributed by atoms with E-state index in [1.807, 2.05) is 13.8 Å². The number of benzene rings is 1. The van der Waals surface area contributed by atoms with Crippen molar-refractivity contribution in [3.63, 3.8) is 0 Å². The molecular weight excluding hydrogens is 336 g/mol. The minimum atomic E-state index is -0.866. The fourth-order valence-corrected chi connectivity index (χ4v) is 2.19. The van der Waals surface area contributed by atoms with E-state index in [9.17, 15) is 14.7 Å². The van der Waals surface area contributed by atoms with Crippen LogP contribution in [-0.2, 0) is 16.0 Å². The molecule has 0 aliphatic heterocycles. The Morgan fingerprint density at radius 3 is 2.23 bits per heavy atom. The van der Waals surface area contributed by atoms with Crippen molar-refractivity contribution < 1.29 is 24.2 Å². The van der Waals surface area contributed by atoms with Crippen LogP contribution in [0.1, 0.15) is 40.2 Å². The highest BCUT2D eigenvalue weighted by molar-refractivity contribution is 5.76. The van der Waals surface area contributed by atoms with Gasteiger partial charge in [0.15, 0.2) is 0 Å². The fourth-order valence-electron chi connectivity index (χ4n) is 2.19. The van der Waals surface area contributed by atoms with Gasteiger partial charge in [-0.05, 0) is 52.3 Å². The zero-order valence-corrected chi connectivity index (χ0v) is 16.2. The summed E-state index contributed by atoms with van der Waals surface area (Å²) in [6, 6.07) is 6.78. The summed E-state index contributed by atoms with van der Waals surface area (Å²) in [4.78, 5) is 24.6. The summed E-state index contributed by atoms with van der Waals surface area (Å²) >= 11 is 0. The number of carbonyl (C=O) groups is 2. The van der Waals surface area contributed by atoms with Crippen molar-refractivity contribution >= 4 is 12.0 Å². The molecule has 1 aromatic rings. The number of carbonyl (C=O) groups excluding carboxylic acids is 2. The maximum absolute atomic E-state index is 12.2. The van der Waals surface area contributed by atoms with Crippen LogP contribution in [0.5, 0.6) is 5.75 Å². The zero-order valence-electron chi connectivity index (χ0n) is 16.2. The zero-order chi connectivity index (χ0) is 19.9. The van der Waals surface area contributed by atoms with Crippen LogP contribution in [0.2, 0.25) is 0 Å². The number of nitrogens with zero attached hydrogens (tertiary/aromatic N) is 1. The smallest absolute Gasteiger partial charge is 0.410 e. The van der Waals surface area contributed by atoms with Gasteiger partial charge < -0.3 is 25.2 Å². The molecule has 2 amide bonds. The number of hydrogen-bond donors (Lipinski definition) is 2. The lowest BCUT2D eigenvalue weighted by Gasteiger charge is -2.31. The van der Waals surface area contributed by atoms with Gasteiger partial charge in [-0.25, -0.2) is 4.79 Å². The first-order valence-corrected chi connectivity index (χ1v) is 8.65. The van der Waals surface area contributed by atoms with E-state index in [0.29, 0.717) is 5.75 Å². The Labute approximate surface area is 155 Å². The highest BCUT2D eigenvalue weighted by Crippen LogP contribution is 2.15. The molecular formula is C19H30N2O5. The van der Waals surface area contributed by atoms with Crippen LogP contribution in [-0.4, -0.2) is 52.9 Å². The van der Waals surface area contributed by atoms with Gasteiger partial charge in [0.2, 0.25) is 5.91 Å². The molecule has 0 aliphatic carbocycles. The number of ether oxygens (including phenoxy) is 2. The molecule has 3 N–H and O–H groups in total. The van der Waals surface area contributed by atoms with Crippen molar-refractivity contribution in [3.05, 3.63) is 29.8 Å². The molecule has 1 atom stereocenters. The van der Waals surface area contributed by atoms with Crippen molar-refractivity contribution in [2.45, 2.75) is 58.8 Å². The standard InChI is InChI=1S/C19H30N2O5/c1-13(2)21(18(24)26-19(3,4)5)11-15(22)12-25-16-8-6-14(7-9-16)10-17(20)23/h6-9,13,15,22H,10-12H2,1-5H3,(H2,20,23). The molecule has 146 valence electrons. The molecule has 7 nitrogen and oxygen atoms in total. The van der Waals surface area contributed by atoms with Crippen LogP contribution in [0, 0.1) is 0 Å². The lowest BCUT2D eigenvalue weighted by atomic mass is 10.1. The third-order valence-corrected chi connectivity index (χ3v) is 3.40. The summed E-state index contributed by atoms with van der Waals surface area (Å²) in [6.07, 6.45) is -1.17. The van der Waals surface area contributed by atoms with Crippen molar-refractivity contribution in [1.29, 1.82) is 0 Å². The average molecular weight is 366 g/mol. The van der Waals surface area contributed by atoms with Crippen LogP contribution in [0.4, 0.5) is 4.79 Å². The van der Waals surface area contributed by atoms with Gasteiger partial charge in [-0.1, -0.05) is 12.1 Å². The van der Waals surface area contributed by atoms with Gasteiger partial charge in [0.05, 0.1) is 13.0 Å². The van der Waals surface area contributed by atoms with Crippen molar-refractivity contribution in [3.8, 4) is 5.75 Å². The Bertz CT molecular complexity index is 593. The fraction of sp³-hybridized carbons (Fsp3) is 0.579. The van der Waals surface area contributed by atoms with Crippen LogP contribution >= 0.6 is 0 Å². The number of nitrogens with two attached hydrogens (primary N) is 1. The molecule has 0 bridgehead atoms. The summed E-state index contributed by atoms with van der Waals surface area (Å²) < 4.78 is 10.9. The van der Waals surface area contributed by atoms with E-state index < -0.39 is 23.7 Å². The molecule has 26 heavy (non-hydrogen) atoms. The predicted molar refractivity (Wildman–Crippen MR) is 98.9 cm³/mol. The third kappa shape index (κ3) is 8.20. The van der Waals surface area contributed by atoms with Crippen LogP contribution in [0.15, 0.2) is 24.3 Å². The SMILES string of the molecule is CC(C)N(CC(O)COc1ccc(CC(N)=O)cc1)C(=O)OC(C)(C)C. The maximum Gasteiger partial charge on any atom is 0.410 e. The molecule has 0 aromatic heterocycles. The second kappa shape index (κ2) is 9.43. The summed E-state index contributed by atoms with van der Waals surface area (Å²) in [5.74, 6) is 0.163. The van der Waals surface area contributed by atoms with Gasteiger partial charge in [0.25, 0.3) is 0 Å². The Hall–Kier alpha value is -2.28. The number of hydrogen-bond acceptors (Lipinski definition) is 5. The Morgan fingerprint density at radius 2 is 1.77 bits per heavy atom. The normalized spacial score (nSPS) is 12.6. The third-order valence-electron chi connectivity index (χ3n) is 3.40. The second-order valence-corrected chi connectivity index (χ2v) is 7.48. The van der Waals surface area contributed by atoms with Gasteiger partial charge in [-0.3, -0.25) is 4.79 Å². The Morgan fingerprint density at radius 1 is 1.19 bits per heavy atom. The number of aliphatic hydroxyl groups is 1. The van der Waals surface area contributed by atoms with Gasteiger partial charge in [0.1, 0.15) is 24.1 Å². The van der Waals surface area contributed by atoms with Crippen LogP contribution < -0.4 is 10.5 Å². The molecule has 0 saturated carbocycles. The molecule has 0 radical (unpaired) electrons. The van der Waals surface area contributed by atoms with Gasteiger partial charge >= 0.3 is 6.09 Å². The number of rotatable bonds is 8. The van der Waals surface area contributed by atoms with E-state index in [-0.39, 0.29) is 25.6 Å². The molecule has 1 rings (SSSR count). The lowest BCUT2D eigenvalue weighted by Crippen LogP contribution is -2.46. The van der Waals surface area contributed by atoms with E-state index in [1.165, 1.54) is 4.90 Å². The summed E-state index contributed by atoms with van der Waals surface area (Å²) in [5.41, 5.74) is 5.34. The summed E-state index contributed by atoms with van der Waals surface area (Å²) in [7, 11) is 0. The number of aliphatic hydroxyl groups excluding tert-OH is 1. The van der Waals surface area contributed by atoms with E-state index in [0.717, 1.165) is 5.56 Å². The topological polar surface area (TPSA) is 102 Å². The minimum Gasteiger partial charge on any atom is -0.491 e. The molecule has 7 heteroatoms. The highest BCUT2D eigenvalue weighted by Gasteiger charge is 2.26. The molecule has 0 spiro atoms. The summed E-state index contributed by atoms with van der Waals surface area (Å²) in [5, 5.41) is 10.2. The first-order valence-electron chi connectivity index (χ1n) is 8.65. The maximum atomic E-state index is 12.2. The van der Waals surface area contributed by atoms with E-state index in [4.69, 9.17) is 15.2 Å². The molecule has 1 aromatic carbocycles. The number of primary amides is 1. The molecule has 0 heterocycles. The predicted octanol–water partition coefficient (Wildman–Crippen LogP) is 2.10.